The van der Waals surface area contributed by atoms with Gasteiger partial charge in [0, 0.05) is 34.4 Å². The standard InChI is InChI=1S/C15H15N3O2S/c1-7-12-9(16-14-13(7)15(20)18-17-14)5-8(6-10(12)19)11-3-2-4-21-11/h2-4,7-8H,5-6H2,1H3,(H3,16,17,18,20)/t7-,8-/m0/s1. The molecule has 0 bridgehead atoms. The summed E-state index contributed by atoms with van der Waals surface area (Å²) in [6, 6.07) is 4.11. The highest BCUT2D eigenvalue weighted by molar-refractivity contribution is 7.10. The molecular formula is C15H15N3O2S. The van der Waals surface area contributed by atoms with Gasteiger partial charge in [-0.2, -0.15) is 0 Å². The van der Waals surface area contributed by atoms with E-state index in [0.717, 1.165) is 17.7 Å². The Balaban J connectivity index is 1.76. The molecule has 3 heterocycles. The van der Waals surface area contributed by atoms with Gasteiger partial charge in [-0.05, 0) is 17.9 Å². The summed E-state index contributed by atoms with van der Waals surface area (Å²) in [6.07, 6.45) is 1.35. The van der Waals surface area contributed by atoms with Gasteiger partial charge in [0.1, 0.15) is 5.82 Å². The van der Waals surface area contributed by atoms with E-state index in [-0.39, 0.29) is 23.2 Å². The summed E-state index contributed by atoms with van der Waals surface area (Å²) >= 11 is 1.69. The Bertz CT molecular complexity index is 797. The van der Waals surface area contributed by atoms with E-state index >= 15 is 0 Å². The molecule has 3 N–H and O–H groups in total. The molecular weight excluding hydrogens is 286 g/mol. The number of allylic oxidation sites excluding steroid dienone is 2. The molecule has 0 amide bonds. The molecule has 1 aliphatic carbocycles. The smallest absolute Gasteiger partial charge is 0.269 e. The van der Waals surface area contributed by atoms with Gasteiger partial charge in [-0.3, -0.25) is 19.8 Å². The monoisotopic (exact) mass is 301 g/mol. The summed E-state index contributed by atoms with van der Waals surface area (Å²) in [7, 11) is 0. The fourth-order valence-corrected chi connectivity index (χ4v) is 4.28. The van der Waals surface area contributed by atoms with E-state index in [9.17, 15) is 9.59 Å². The van der Waals surface area contributed by atoms with Gasteiger partial charge in [0.2, 0.25) is 0 Å². The van der Waals surface area contributed by atoms with Crippen molar-refractivity contribution in [2.24, 2.45) is 0 Å². The number of rotatable bonds is 1. The SMILES string of the molecule is C[C@H]1C2=C(C[C@H](c3cccs3)CC2=O)Nc2[nH][nH]c(=O)c21. The number of ketones is 1. The van der Waals surface area contributed by atoms with Crippen LogP contribution in [0, 0.1) is 0 Å². The summed E-state index contributed by atoms with van der Waals surface area (Å²) in [4.78, 5) is 25.7. The number of thiophene rings is 1. The summed E-state index contributed by atoms with van der Waals surface area (Å²) < 4.78 is 0. The normalized spacial score (nSPS) is 24.5. The molecule has 0 spiro atoms. The van der Waals surface area contributed by atoms with E-state index in [4.69, 9.17) is 0 Å². The molecule has 2 aromatic rings. The lowest BCUT2D eigenvalue weighted by Gasteiger charge is -2.32. The second-order valence-corrected chi connectivity index (χ2v) is 6.63. The molecule has 0 fully saturated rings. The van der Waals surface area contributed by atoms with Crippen molar-refractivity contribution in [1.82, 2.24) is 10.2 Å². The number of fused-ring (bicyclic) bond motifs is 1. The number of aromatic amines is 2. The van der Waals surface area contributed by atoms with E-state index in [0.29, 0.717) is 17.8 Å². The number of Topliss-reactive ketones (excluding diaryl/α,β-unsaturated/α-hetero) is 1. The first-order valence-electron chi connectivity index (χ1n) is 7.02. The number of aromatic nitrogens is 2. The summed E-state index contributed by atoms with van der Waals surface area (Å²) in [5, 5.41) is 10.7. The molecule has 5 nitrogen and oxygen atoms in total. The maximum atomic E-state index is 12.6. The van der Waals surface area contributed by atoms with Crippen molar-refractivity contribution in [2.75, 3.05) is 5.32 Å². The van der Waals surface area contributed by atoms with Gasteiger partial charge in [0.05, 0.1) is 5.56 Å². The first-order valence-corrected chi connectivity index (χ1v) is 7.90. The average molecular weight is 301 g/mol. The highest BCUT2D eigenvalue weighted by Crippen LogP contribution is 2.44. The van der Waals surface area contributed by atoms with Crippen LogP contribution in [-0.2, 0) is 4.79 Å². The number of H-pyrrole nitrogens is 2. The quantitative estimate of drug-likeness (QED) is 0.758. The Morgan fingerprint density at radius 3 is 2.86 bits per heavy atom. The number of nitrogens with one attached hydrogen (secondary N) is 3. The highest BCUT2D eigenvalue weighted by Gasteiger charge is 2.37. The van der Waals surface area contributed by atoms with Crippen LogP contribution in [0.25, 0.3) is 0 Å². The van der Waals surface area contributed by atoms with Crippen LogP contribution in [0.4, 0.5) is 5.82 Å². The van der Waals surface area contributed by atoms with E-state index in [1.165, 1.54) is 4.88 Å². The predicted octanol–water partition coefficient (Wildman–Crippen LogP) is 2.69. The number of hydrogen-bond donors (Lipinski definition) is 3. The third-order valence-corrected chi connectivity index (χ3v) is 5.45. The van der Waals surface area contributed by atoms with Crippen LogP contribution in [0.3, 0.4) is 0 Å². The molecule has 1 aliphatic heterocycles. The molecule has 6 heteroatoms. The maximum Gasteiger partial charge on any atom is 0.269 e. The van der Waals surface area contributed by atoms with E-state index in [1.54, 1.807) is 11.3 Å². The predicted molar refractivity (Wildman–Crippen MR) is 81.8 cm³/mol. The number of carbonyl (C=O) groups is 1. The minimum atomic E-state index is -0.150. The van der Waals surface area contributed by atoms with Crippen LogP contribution in [0.2, 0.25) is 0 Å². The fourth-order valence-electron chi connectivity index (χ4n) is 3.45. The number of carbonyl (C=O) groups excluding carboxylic acids is 1. The zero-order valence-electron chi connectivity index (χ0n) is 11.5. The Labute approximate surface area is 125 Å². The topological polar surface area (TPSA) is 77.8 Å². The molecule has 21 heavy (non-hydrogen) atoms. The highest BCUT2D eigenvalue weighted by atomic mass is 32.1. The Morgan fingerprint density at radius 1 is 1.24 bits per heavy atom. The zero-order chi connectivity index (χ0) is 14.6. The third-order valence-electron chi connectivity index (χ3n) is 4.41. The lowest BCUT2D eigenvalue weighted by atomic mass is 9.77. The van der Waals surface area contributed by atoms with Gasteiger partial charge in [0.25, 0.3) is 5.56 Å². The fraction of sp³-hybridized carbons (Fsp3) is 0.333. The maximum absolute atomic E-state index is 12.6. The van der Waals surface area contributed by atoms with Crippen LogP contribution in [0.15, 0.2) is 33.6 Å². The van der Waals surface area contributed by atoms with E-state index < -0.39 is 0 Å². The lowest BCUT2D eigenvalue weighted by Crippen LogP contribution is -2.29. The van der Waals surface area contributed by atoms with Crippen LogP contribution in [-0.4, -0.2) is 16.0 Å². The minimum Gasteiger partial charge on any atom is -0.343 e. The Morgan fingerprint density at radius 2 is 2.10 bits per heavy atom. The summed E-state index contributed by atoms with van der Waals surface area (Å²) in [5.41, 5.74) is 2.22. The molecule has 0 radical (unpaired) electrons. The Hall–Kier alpha value is -2.08. The van der Waals surface area contributed by atoms with Crippen molar-refractivity contribution < 1.29 is 4.79 Å². The third kappa shape index (κ3) is 1.82. The van der Waals surface area contributed by atoms with Gasteiger partial charge in [-0.25, -0.2) is 0 Å². The molecule has 4 rings (SSSR count). The molecule has 2 aromatic heterocycles. The van der Waals surface area contributed by atoms with Crippen molar-refractivity contribution in [2.45, 2.75) is 31.6 Å². The summed E-state index contributed by atoms with van der Waals surface area (Å²) in [6.45, 7) is 1.93. The van der Waals surface area contributed by atoms with Gasteiger partial charge < -0.3 is 5.32 Å². The van der Waals surface area contributed by atoms with Crippen LogP contribution >= 0.6 is 11.3 Å². The molecule has 0 saturated carbocycles. The van der Waals surface area contributed by atoms with Crippen molar-refractivity contribution in [3.63, 3.8) is 0 Å². The van der Waals surface area contributed by atoms with Crippen LogP contribution < -0.4 is 10.9 Å². The van der Waals surface area contributed by atoms with Gasteiger partial charge in [-0.1, -0.05) is 13.0 Å². The zero-order valence-corrected chi connectivity index (χ0v) is 12.3. The first-order chi connectivity index (χ1) is 10.1. The van der Waals surface area contributed by atoms with Gasteiger partial charge in [-0.15, -0.1) is 11.3 Å². The molecule has 0 aromatic carbocycles. The van der Waals surface area contributed by atoms with Gasteiger partial charge >= 0.3 is 0 Å². The number of hydrogen-bond acceptors (Lipinski definition) is 4. The number of anilines is 1. The van der Waals surface area contributed by atoms with Crippen LogP contribution in [0.5, 0.6) is 0 Å². The van der Waals surface area contributed by atoms with E-state index in [2.05, 4.69) is 21.6 Å². The largest absolute Gasteiger partial charge is 0.343 e. The lowest BCUT2D eigenvalue weighted by molar-refractivity contribution is -0.116. The molecule has 108 valence electrons. The van der Waals surface area contributed by atoms with Crippen molar-refractivity contribution in [3.05, 3.63) is 49.6 Å². The van der Waals surface area contributed by atoms with Crippen LogP contribution in [0.1, 0.15) is 42.0 Å². The summed E-state index contributed by atoms with van der Waals surface area (Å²) in [5.74, 6) is 0.943. The second-order valence-electron chi connectivity index (χ2n) is 5.65. The average Bonchev–Trinajstić information content (AvgIpc) is 3.08. The van der Waals surface area contributed by atoms with Gasteiger partial charge in [0.15, 0.2) is 5.78 Å². The van der Waals surface area contributed by atoms with Crippen molar-refractivity contribution in [3.8, 4) is 0 Å². The molecule has 2 aliphatic rings. The Kier molecular flexibility index (Phi) is 2.68. The van der Waals surface area contributed by atoms with E-state index in [1.807, 2.05) is 18.4 Å². The second kappa shape index (κ2) is 4.46. The van der Waals surface area contributed by atoms with Crippen molar-refractivity contribution >= 4 is 22.9 Å². The first kappa shape index (κ1) is 12.6. The molecule has 0 unspecified atom stereocenters. The minimum absolute atomic E-state index is 0.148. The molecule has 0 saturated heterocycles. The van der Waals surface area contributed by atoms with Crippen molar-refractivity contribution in [1.29, 1.82) is 0 Å². The molecule has 2 atom stereocenters.